The molecule has 0 unspecified atom stereocenters. The Kier molecular flexibility index (Phi) is 4.10. The molecule has 0 radical (unpaired) electrons. The number of imidazole rings is 1. The van der Waals surface area contributed by atoms with Gasteiger partial charge in [0.1, 0.15) is 0 Å². The molecule has 0 aliphatic rings. The zero-order valence-corrected chi connectivity index (χ0v) is 12.9. The summed E-state index contributed by atoms with van der Waals surface area (Å²) in [4.78, 5) is 19.5. The maximum absolute atomic E-state index is 12.2. The highest BCUT2D eigenvalue weighted by Gasteiger charge is 2.08. The molecule has 5 heteroatoms. The minimum atomic E-state index is -0.184. The smallest absolute Gasteiger partial charge is 0.221 e. The summed E-state index contributed by atoms with van der Waals surface area (Å²) >= 11 is 0. The second-order valence-corrected chi connectivity index (χ2v) is 4.91. The fourth-order valence-electron chi connectivity index (χ4n) is 2.28. The number of carbonyl (C=O) groups excluding carboxylic acids is 1. The van der Waals surface area contributed by atoms with Crippen LogP contribution in [0.15, 0.2) is 48.5 Å². The number of hydrogen-bond acceptors (Lipinski definition) is 4. The van der Waals surface area contributed by atoms with Crippen molar-refractivity contribution in [1.82, 2.24) is 9.97 Å². The largest absolute Gasteiger partial charge is 0.493 e. The number of aromatic amines is 1. The maximum atomic E-state index is 12.2. The average molecular weight is 308 g/mol. The first-order valence-corrected chi connectivity index (χ1v) is 7.10. The minimum Gasteiger partial charge on any atom is -0.493 e. The molecule has 1 aromatic heterocycles. The fraction of sp³-hybridized carbons (Fsp3) is 0.111. The molecule has 3 rings (SSSR count). The lowest BCUT2D eigenvalue weighted by atomic mass is 10.1. The van der Waals surface area contributed by atoms with Gasteiger partial charge in [0.2, 0.25) is 5.78 Å². The van der Waals surface area contributed by atoms with Crippen LogP contribution in [0.2, 0.25) is 0 Å². The van der Waals surface area contributed by atoms with Crippen LogP contribution in [0.25, 0.3) is 17.1 Å². The molecule has 0 spiro atoms. The molecule has 116 valence electrons. The molecule has 0 atom stereocenters. The van der Waals surface area contributed by atoms with Crippen LogP contribution in [0, 0.1) is 0 Å². The molecule has 0 bridgehead atoms. The van der Waals surface area contributed by atoms with Gasteiger partial charge in [0.05, 0.1) is 25.3 Å². The number of hydrogen-bond donors (Lipinski definition) is 1. The highest BCUT2D eigenvalue weighted by atomic mass is 16.5. The Balaban J connectivity index is 1.83. The second-order valence-electron chi connectivity index (χ2n) is 4.91. The van der Waals surface area contributed by atoms with Crippen molar-refractivity contribution >= 4 is 22.9 Å². The Morgan fingerprint density at radius 1 is 1.09 bits per heavy atom. The standard InChI is InChI=1S/C18H16N2O3/c1-22-16-10-8-12(11-17(16)23-2)7-9-15(21)18-19-13-5-3-4-6-14(13)20-18/h3-11H,1-2H3,(H,19,20). The molecule has 5 nitrogen and oxygen atoms in total. The van der Waals surface area contributed by atoms with E-state index in [0.717, 1.165) is 16.6 Å². The molecule has 0 amide bonds. The average Bonchev–Trinajstić information content (AvgIpc) is 3.03. The number of rotatable bonds is 5. The van der Waals surface area contributed by atoms with Gasteiger partial charge < -0.3 is 14.5 Å². The van der Waals surface area contributed by atoms with Crippen LogP contribution in [0.5, 0.6) is 11.5 Å². The number of H-pyrrole nitrogens is 1. The SMILES string of the molecule is COc1ccc(C=CC(=O)c2nc3ccccc3[nH]2)cc1OC. The first-order chi connectivity index (χ1) is 11.2. The number of aromatic nitrogens is 2. The van der Waals surface area contributed by atoms with Crippen LogP contribution in [0.1, 0.15) is 16.2 Å². The highest BCUT2D eigenvalue weighted by Crippen LogP contribution is 2.28. The third-order valence-corrected chi connectivity index (χ3v) is 3.46. The first-order valence-electron chi connectivity index (χ1n) is 7.10. The van der Waals surface area contributed by atoms with Gasteiger partial charge in [-0.15, -0.1) is 0 Å². The van der Waals surface area contributed by atoms with Crippen LogP contribution in [-0.2, 0) is 0 Å². The third-order valence-electron chi connectivity index (χ3n) is 3.46. The van der Waals surface area contributed by atoms with Crippen molar-refractivity contribution in [3.63, 3.8) is 0 Å². The number of ketones is 1. The summed E-state index contributed by atoms with van der Waals surface area (Å²) in [5.74, 6) is 1.40. The van der Waals surface area contributed by atoms with Crippen molar-refractivity contribution in [2.75, 3.05) is 14.2 Å². The summed E-state index contributed by atoms with van der Waals surface area (Å²) < 4.78 is 10.4. The Morgan fingerprint density at radius 3 is 2.61 bits per heavy atom. The Labute approximate surface area is 133 Å². The van der Waals surface area contributed by atoms with E-state index in [-0.39, 0.29) is 5.78 Å². The summed E-state index contributed by atoms with van der Waals surface area (Å²) in [6, 6.07) is 13.0. The number of para-hydroxylation sites is 2. The van der Waals surface area contributed by atoms with E-state index in [1.807, 2.05) is 30.3 Å². The zero-order chi connectivity index (χ0) is 16.2. The number of carbonyl (C=O) groups is 1. The monoisotopic (exact) mass is 308 g/mol. The lowest BCUT2D eigenvalue weighted by molar-refractivity contribution is 0.103. The van der Waals surface area contributed by atoms with Crippen LogP contribution in [0.3, 0.4) is 0 Å². The molecular weight excluding hydrogens is 292 g/mol. The molecule has 2 aromatic carbocycles. The van der Waals surface area contributed by atoms with Gasteiger partial charge in [-0.3, -0.25) is 4.79 Å². The minimum absolute atomic E-state index is 0.184. The Hall–Kier alpha value is -3.08. The van der Waals surface area contributed by atoms with Gasteiger partial charge >= 0.3 is 0 Å². The number of benzene rings is 2. The van der Waals surface area contributed by atoms with Gasteiger partial charge in [0.15, 0.2) is 17.3 Å². The van der Waals surface area contributed by atoms with E-state index in [1.165, 1.54) is 6.08 Å². The third kappa shape index (κ3) is 3.08. The van der Waals surface area contributed by atoms with E-state index in [0.29, 0.717) is 17.3 Å². The molecule has 3 aromatic rings. The first kappa shape index (κ1) is 14.8. The molecule has 23 heavy (non-hydrogen) atoms. The Bertz CT molecular complexity index is 848. The Morgan fingerprint density at radius 2 is 1.87 bits per heavy atom. The van der Waals surface area contributed by atoms with Gasteiger partial charge in [0.25, 0.3) is 0 Å². The predicted molar refractivity (Wildman–Crippen MR) is 89.0 cm³/mol. The summed E-state index contributed by atoms with van der Waals surface area (Å²) in [6.07, 6.45) is 3.20. The van der Waals surface area contributed by atoms with E-state index >= 15 is 0 Å². The number of allylic oxidation sites excluding steroid dienone is 1. The van der Waals surface area contributed by atoms with Gasteiger partial charge in [-0.05, 0) is 35.9 Å². The number of ether oxygens (including phenoxy) is 2. The van der Waals surface area contributed by atoms with Crippen LogP contribution < -0.4 is 9.47 Å². The number of nitrogens with zero attached hydrogens (tertiary/aromatic N) is 1. The maximum Gasteiger partial charge on any atom is 0.221 e. The molecule has 0 aliphatic carbocycles. The molecule has 0 saturated heterocycles. The van der Waals surface area contributed by atoms with Gasteiger partial charge in [-0.25, -0.2) is 4.98 Å². The van der Waals surface area contributed by atoms with Gasteiger partial charge in [-0.1, -0.05) is 24.3 Å². The predicted octanol–water partition coefficient (Wildman–Crippen LogP) is 3.48. The van der Waals surface area contributed by atoms with Crippen molar-refractivity contribution in [2.45, 2.75) is 0 Å². The van der Waals surface area contributed by atoms with Gasteiger partial charge in [-0.2, -0.15) is 0 Å². The lowest BCUT2D eigenvalue weighted by Gasteiger charge is -2.07. The van der Waals surface area contributed by atoms with E-state index in [2.05, 4.69) is 9.97 Å². The summed E-state index contributed by atoms with van der Waals surface area (Å²) in [5.41, 5.74) is 2.46. The molecule has 1 heterocycles. The molecule has 0 fully saturated rings. The fourth-order valence-corrected chi connectivity index (χ4v) is 2.28. The molecule has 0 aliphatic heterocycles. The summed E-state index contributed by atoms with van der Waals surface area (Å²) in [5, 5.41) is 0. The second kappa shape index (κ2) is 6.36. The van der Waals surface area contributed by atoms with E-state index in [9.17, 15) is 4.79 Å². The van der Waals surface area contributed by atoms with Crippen molar-refractivity contribution < 1.29 is 14.3 Å². The molecule has 0 saturated carbocycles. The van der Waals surface area contributed by atoms with E-state index in [1.54, 1.807) is 32.4 Å². The summed E-state index contributed by atoms with van der Waals surface area (Å²) in [6.45, 7) is 0. The molecule has 1 N–H and O–H groups in total. The normalized spacial score (nSPS) is 11.0. The summed E-state index contributed by atoms with van der Waals surface area (Å²) in [7, 11) is 3.16. The van der Waals surface area contributed by atoms with Crippen molar-refractivity contribution in [3.05, 3.63) is 59.9 Å². The van der Waals surface area contributed by atoms with Crippen molar-refractivity contribution in [3.8, 4) is 11.5 Å². The van der Waals surface area contributed by atoms with Crippen molar-refractivity contribution in [2.24, 2.45) is 0 Å². The van der Waals surface area contributed by atoms with Gasteiger partial charge in [0, 0.05) is 0 Å². The zero-order valence-electron chi connectivity index (χ0n) is 12.9. The quantitative estimate of drug-likeness (QED) is 0.579. The lowest BCUT2D eigenvalue weighted by Crippen LogP contribution is -1.96. The van der Waals surface area contributed by atoms with Crippen LogP contribution in [0.4, 0.5) is 0 Å². The number of nitrogens with one attached hydrogen (secondary N) is 1. The van der Waals surface area contributed by atoms with E-state index < -0.39 is 0 Å². The van der Waals surface area contributed by atoms with Crippen LogP contribution in [-0.4, -0.2) is 30.0 Å². The van der Waals surface area contributed by atoms with Crippen molar-refractivity contribution in [1.29, 1.82) is 0 Å². The highest BCUT2D eigenvalue weighted by molar-refractivity contribution is 6.05. The number of fused-ring (bicyclic) bond motifs is 1. The molecular formula is C18H16N2O3. The number of methoxy groups -OCH3 is 2. The van der Waals surface area contributed by atoms with Crippen LogP contribution >= 0.6 is 0 Å². The topological polar surface area (TPSA) is 64.2 Å². The van der Waals surface area contributed by atoms with E-state index in [4.69, 9.17) is 9.47 Å².